The molecule has 1 fully saturated rings. The molecule has 162 valence electrons. The van der Waals surface area contributed by atoms with Gasteiger partial charge < -0.3 is 10.1 Å². The Morgan fingerprint density at radius 3 is 2.31 bits per heavy atom. The van der Waals surface area contributed by atoms with Gasteiger partial charge in [-0.05, 0) is 67.3 Å². The molecule has 0 saturated carbocycles. The van der Waals surface area contributed by atoms with Crippen molar-refractivity contribution in [1.29, 1.82) is 0 Å². The van der Waals surface area contributed by atoms with Gasteiger partial charge in [-0.3, -0.25) is 9.69 Å². The highest BCUT2D eigenvalue weighted by Crippen LogP contribution is 2.36. The minimum absolute atomic E-state index is 0.114. The minimum Gasteiger partial charge on any atom is -0.487 e. The van der Waals surface area contributed by atoms with Gasteiger partial charge in [0.15, 0.2) is 0 Å². The maximum atomic E-state index is 13.9. The Morgan fingerprint density at radius 2 is 1.62 bits per heavy atom. The van der Waals surface area contributed by atoms with E-state index in [9.17, 15) is 14.0 Å². The Morgan fingerprint density at radius 1 is 0.969 bits per heavy atom. The van der Waals surface area contributed by atoms with Crippen LogP contribution in [0.4, 0.5) is 9.18 Å². The van der Waals surface area contributed by atoms with E-state index in [0.717, 1.165) is 10.5 Å². The van der Waals surface area contributed by atoms with Gasteiger partial charge in [-0.25, -0.2) is 9.18 Å². The summed E-state index contributed by atoms with van der Waals surface area (Å²) in [5, 5.41) is 2.56. The zero-order valence-electron chi connectivity index (χ0n) is 16.6. The van der Waals surface area contributed by atoms with Gasteiger partial charge in [-0.15, -0.1) is 0 Å². The van der Waals surface area contributed by atoms with E-state index in [1.54, 1.807) is 36.4 Å². The molecular formula is C24H17Br2FN2O3. The zero-order chi connectivity index (χ0) is 22.7. The van der Waals surface area contributed by atoms with Crippen molar-refractivity contribution in [2.75, 3.05) is 0 Å². The fraction of sp³-hybridized carbons (Fsp3) is 0.0833. The van der Waals surface area contributed by atoms with Crippen molar-refractivity contribution in [1.82, 2.24) is 10.2 Å². The Balaban J connectivity index is 1.51. The smallest absolute Gasteiger partial charge is 0.329 e. The van der Waals surface area contributed by atoms with E-state index in [1.807, 2.05) is 30.3 Å². The maximum Gasteiger partial charge on any atom is 0.329 e. The normalized spacial score (nSPS) is 14.7. The largest absolute Gasteiger partial charge is 0.487 e. The van der Waals surface area contributed by atoms with Crippen molar-refractivity contribution in [2.45, 2.75) is 13.2 Å². The summed E-state index contributed by atoms with van der Waals surface area (Å²) in [5.74, 6) is -0.363. The predicted octanol–water partition coefficient (Wildman–Crippen LogP) is 6.02. The molecule has 0 aromatic heterocycles. The summed E-state index contributed by atoms with van der Waals surface area (Å²) >= 11 is 7.01. The molecule has 0 spiro atoms. The van der Waals surface area contributed by atoms with Crippen LogP contribution in [-0.4, -0.2) is 16.8 Å². The summed E-state index contributed by atoms with van der Waals surface area (Å²) in [4.78, 5) is 26.0. The first-order chi connectivity index (χ1) is 15.4. The molecular weight excluding hydrogens is 543 g/mol. The van der Waals surface area contributed by atoms with E-state index in [-0.39, 0.29) is 17.8 Å². The third-order valence-corrected chi connectivity index (χ3v) is 5.98. The van der Waals surface area contributed by atoms with E-state index >= 15 is 0 Å². The first kappa shape index (κ1) is 22.2. The summed E-state index contributed by atoms with van der Waals surface area (Å²) in [7, 11) is 0. The first-order valence-corrected chi connectivity index (χ1v) is 11.2. The molecule has 3 amide bonds. The van der Waals surface area contributed by atoms with E-state index < -0.39 is 17.8 Å². The molecule has 1 aliphatic rings. The van der Waals surface area contributed by atoms with Crippen LogP contribution in [0.1, 0.15) is 16.7 Å². The number of carbonyl (C=O) groups is 2. The number of rotatable bonds is 6. The highest BCUT2D eigenvalue weighted by Gasteiger charge is 2.34. The first-order valence-electron chi connectivity index (χ1n) is 9.66. The molecule has 0 aliphatic carbocycles. The molecule has 1 N–H and O–H groups in total. The standard InChI is InChI=1S/C24H17Br2FN2O3/c25-18-10-16(11-19(26)22(18)32-14-15-6-2-1-3-7-15)12-21-23(30)29(24(31)28-21)13-17-8-4-5-9-20(17)27/h1-12H,13-14H2,(H,28,31)/b21-12+. The Labute approximate surface area is 201 Å². The number of ether oxygens (including phenoxy) is 1. The second-order valence-corrected chi connectivity index (χ2v) is 8.77. The number of halogens is 3. The highest BCUT2D eigenvalue weighted by molar-refractivity contribution is 9.11. The van der Waals surface area contributed by atoms with Crippen LogP contribution >= 0.6 is 31.9 Å². The van der Waals surface area contributed by atoms with Crippen molar-refractivity contribution in [3.05, 3.63) is 104 Å². The number of nitrogens with one attached hydrogen (secondary N) is 1. The van der Waals surface area contributed by atoms with Gasteiger partial charge in [0.05, 0.1) is 15.5 Å². The lowest BCUT2D eigenvalue weighted by atomic mass is 10.1. The maximum absolute atomic E-state index is 13.9. The number of imide groups is 1. The number of nitrogens with zero attached hydrogens (tertiary/aromatic N) is 1. The molecule has 32 heavy (non-hydrogen) atoms. The van der Waals surface area contributed by atoms with Crippen LogP contribution < -0.4 is 10.1 Å². The Kier molecular flexibility index (Phi) is 6.72. The van der Waals surface area contributed by atoms with Gasteiger partial charge in [0.2, 0.25) is 0 Å². The number of hydrogen-bond acceptors (Lipinski definition) is 3. The molecule has 1 heterocycles. The van der Waals surface area contributed by atoms with Crippen LogP contribution in [0.5, 0.6) is 5.75 Å². The molecule has 3 aromatic carbocycles. The number of amides is 3. The van der Waals surface area contributed by atoms with Crippen molar-refractivity contribution in [3.63, 3.8) is 0 Å². The molecule has 0 bridgehead atoms. The summed E-state index contributed by atoms with van der Waals surface area (Å²) in [5.41, 5.74) is 2.09. The van der Waals surface area contributed by atoms with Crippen LogP contribution in [0.25, 0.3) is 6.08 Å². The quantitative estimate of drug-likeness (QED) is 0.297. The molecule has 5 nitrogen and oxygen atoms in total. The minimum atomic E-state index is -0.592. The van der Waals surface area contributed by atoms with Crippen LogP contribution in [0, 0.1) is 5.82 Å². The highest BCUT2D eigenvalue weighted by atomic mass is 79.9. The van der Waals surface area contributed by atoms with Crippen molar-refractivity contribution >= 4 is 49.9 Å². The van der Waals surface area contributed by atoms with E-state index in [1.165, 1.54) is 6.07 Å². The number of urea groups is 1. The Bertz CT molecular complexity index is 1190. The van der Waals surface area contributed by atoms with Gasteiger partial charge in [-0.2, -0.15) is 0 Å². The molecule has 1 aliphatic heterocycles. The monoisotopic (exact) mass is 558 g/mol. The van der Waals surface area contributed by atoms with E-state index in [0.29, 0.717) is 26.9 Å². The molecule has 0 radical (unpaired) electrons. The molecule has 0 atom stereocenters. The van der Waals surface area contributed by atoms with Crippen molar-refractivity contribution < 1.29 is 18.7 Å². The van der Waals surface area contributed by atoms with Crippen molar-refractivity contribution in [3.8, 4) is 5.75 Å². The van der Waals surface area contributed by atoms with Gasteiger partial charge in [0.25, 0.3) is 5.91 Å². The zero-order valence-corrected chi connectivity index (χ0v) is 19.8. The fourth-order valence-electron chi connectivity index (χ4n) is 3.21. The van der Waals surface area contributed by atoms with E-state index in [2.05, 4.69) is 37.2 Å². The van der Waals surface area contributed by atoms with Crippen LogP contribution in [0.15, 0.2) is 81.4 Å². The SMILES string of the molecule is O=C1N/C(=C/c2cc(Br)c(OCc3ccccc3)c(Br)c2)C(=O)N1Cc1ccccc1F. The van der Waals surface area contributed by atoms with Crippen LogP contribution in [0.3, 0.4) is 0 Å². The third-order valence-electron chi connectivity index (χ3n) is 4.81. The summed E-state index contributed by atoms with van der Waals surface area (Å²) in [6.07, 6.45) is 1.57. The lowest BCUT2D eigenvalue weighted by molar-refractivity contribution is -0.123. The summed E-state index contributed by atoms with van der Waals surface area (Å²) < 4.78 is 21.2. The van der Waals surface area contributed by atoms with Crippen molar-refractivity contribution in [2.24, 2.45) is 0 Å². The average Bonchev–Trinajstić information content (AvgIpc) is 3.02. The number of benzene rings is 3. The van der Waals surface area contributed by atoms with E-state index in [4.69, 9.17) is 4.74 Å². The summed E-state index contributed by atoms with van der Waals surface area (Å²) in [6.45, 7) is 0.256. The van der Waals surface area contributed by atoms with Crippen LogP contribution in [-0.2, 0) is 17.9 Å². The van der Waals surface area contributed by atoms with Crippen LogP contribution in [0.2, 0.25) is 0 Å². The molecule has 0 unspecified atom stereocenters. The second-order valence-electron chi connectivity index (χ2n) is 7.06. The van der Waals surface area contributed by atoms with Gasteiger partial charge in [-0.1, -0.05) is 48.5 Å². The molecule has 4 rings (SSSR count). The molecule has 8 heteroatoms. The van der Waals surface area contributed by atoms with Gasteiger partial charge >= 0.3 is 6.03 Å². The summed E-state index contributed by atoms with van der Waals surface area (Å²) in [6, 6.07) is 18.8. The Hall–Kier alpha value is -2.97. The topological polar surface area (TPSA) is 58.6 Å². The third kappa shape index (κ3) is 4.92. The number of carbonyl (C=O) groups excluding carboxylic acids is 2. The fourth-order valence-corrected chi connectivity index (χ4v) is 4.66. The lowest BCUT2D eigenvalue weighted by Gasteiger charge is -2.12. The predicted molar refractivity (Wildman–Crippen MR) is 126 cm³/mol. The lowest BCUT2D eigenvalue weighted by Crippen LogP contribution is -2.30. The second kappa shape index (κ2) is 9.67. The van der Waals surface area contributed by atoms with Gasteiger partial charge in [0, 0.05) is 5.56 Å². The number of hydrogen-bond donors (Lipinski definition) is 1. The molecule has 1 saturated heterocycles. The molecule has 3 aromatic rings. The van der Waals surface area contributed by atoms with Gasteiger partial charge in [0.1, 0.15) is 23.9 Å². The average molecular weight is 560 g/mol.